The molecular formula is C21H20N2O3. The Morgan fingerprint density at radius 1 is 1.31 bits per heavy atom. The molecule has 3 aromatic rings. The van der Waals surface area contributed by atoms with Gasteiger partial charge < -0.3 is 9.30 Å². The van der Waals surface area contributed by atoms with Gasteiger partial charge in [0, 0.05) is 35.6 Å². The summed E-state index contributed by atoms with van der Waals surface area (Å²) in [6, 6.07) is 7.98. The van der Waals surface area contributed by atoms with Crippen LogP contribution < -0.4 is 5.43 Å². The molecule has 0 unspecified atom stereocenters. The van der Waals surface area contributed by atoms with E-state index in [4.69, 9.17) is 4.74 Å². The summed E-state index contributed by atoms with van der Waals surface area (Å²) in [7, 11) is 0. The maximum atomic E-state index is 12.9. The average molecular weight is 348 g/mol. The number of hydrogen-bond acceptors (Lipinski definition) is 4. The lowest BCUT2D eigenvalue weighted by atomic mass is 9.97. The van der Waals surface area contributed by atoms with Gasteiger partial charge >= 0.3 is 5.97 Å². The Labute approximate surface area is 151 Å². The van der Waals surface area contributed by atoms with Crippen LogP contribution in [0.2, 0.25) is 0 Å². The number of fused-ring (bicyclic) bond motifs is 1. The predicted molar refractivity (Wildman–Crippen MR) is 100 cm³/mol. The number of rotatable bonds is 4. The minimum absolute atomic E-state index is 0.111. The monoisotopic (exact) mass is 348 g/mol. The summed E-state index contributed by atoms with van der Waals surface area (Å²) in [6.07, 6.45) is 7.35. The van der Waals surface area contributed by atoms with E-state index >= 15 is 0 Å². The fourth-order valence-electron chi connectivity index (χ4n) is 3.45. The highest BCUT2D eigenvalue weighted by Crippen LogP contribution is 2.39. The van der Waals surface area contributed by atoms with Gasteiger partial charge in [0.05, 0.1) is 12.1 Å². The fraction of sp³-hybridized carbons (Fsp3) is 0.286. The molecule has 5 heteroatoms. The van der Waals surface area contributed by atoms with Gasteiger partial charge in [0.2, 0.25) is 5.43 Å². The van der Waals surface area contributed by atoms with Crippen LogP contribution in [0.5, 0.6) is 0 Å². The number of aryl methyl sites for hydroxylation is 1. The third-order valence-electron chi connectivity index (χ3n) is 4.85. The van der Waals surface area contributed by atoms with Gasteiger partial charge in [0.1, 0.15) is 5.56 Å². The lowest BCUT2D eigenvalue weighted by Crippen LogP contribution is -2.21. The zero-order valence-electron chi connectivity index (χ0n) is 14.9. The second-order valence-electron chi connectivity index (χ2n) is 6.61. The van der Waals surface area contributed by atoms with Crippen molar-refractivity contribution >= 4 is 16.9 Å². The second-order valence-corrected chi connectivity index (χ2v) is 6.61. The number of carbonyl (C=O) groups is 1. The molecule has 0 aliphatic heterocycles. The van der Waals surface area contributed by atoms with E-state index in [1.807, 2.05) is 37.4 Å². The van der Waals surface area contributed by atoms with Crippen LogP contribution in [-0.4, -0.2) is 22.1 Å². The van der Waals surface area contributed by atoms with Crippen molar-refractivity contribution in [3.05, 3.63) is 64.2 Å². The van der Waals surface area contributed by atoms with Crippen molar-refractivity contribution in [2.45, 2.75) is 32.7 Å². The normalized spacial score (nSPS) is 13.8. The van der Waals surface area contributed by atoms with Crippen LogP contribution in [0.15, 0.2) is 47.7 Å². The highest BCUT2D eigenvalue weighted by atomic mass is 16.5. The van der Waals surface area contributed by atoms with Crippen molar-refractivity contribution < 1.29 is 9.53 Å². The Hall–Kier alpha value is -2.95. The van der Waals surface area contributed by atoms with Crippen LogP contribution in [-0.2, 0) is 4.74 Å². The van der Waals surface area contributed by atoms with E-state index in [0.29, 0.717) is 11.4 Å². The number of pyridine rings is 2. The summed E-state index contributed by atoms with van der Waals surface area (Å²) in [5, 5.41) is 0.563. The molecule has 0 N–H and O–H groups in total. The van der Waals surface area contributed by atoms with Crippen LogP contribution in [0, 0.1) is 6.92 Å². The molecule has 0 atom stereocenters. The number of benzene rings is 1. The van der Waals surface area contributed by atoms with E-state index in [2.05, 4.69) is 9.55 Å². The minimum atomic E-state index is -0.553. The Morgan fingerprint density at radius 3 is 2.77 bits per heavy atom. The third-order valence-corrected chi connectivity index (χ3v) is 4.85. The molecule has 1 aliphatic carbocycles. The number of esters is 1. The van der Waals surface area contributed by atoms with Crippen molar-refractivity contribution in [1.82, 2.24) is 9.55 Å². The average Bonchev–Trinajstić information content (AvgIpc) is 3.48. The molecule has 4 rings (SSSR count). The molecule has 26 heavy (non-hydrogen) atoms. The van der Waals surface area contributed by atoms with Gasteiger partial charge in [-0.2, -0.15) is 0 Å². The second kappa shape index (κ2) is 6.41. The Morgan fingerprint density at radius 2 is 2.12 bits per heavy atom. The molecule has 0 radical (unpaired) electrons. The first-order valence-electron chi connectivity index (χ1n) is 8.87. The van der Waals surface area contributed by atoms with E-state index in [1.54, 1.807) is 19.3 Å². The molecule has 1 aromatic carbocycles. The topological polar surface area (TPSA) is 61.2 Å². The van der Waals surface area contributed by atoms with Gasteiger partial charge in [-0.3, -0.25) is 9.78 Å². The SMILES string of the molecule is CCOC(=O)c1cn(C2CC2)c2c(C)c(-c3cccnc3)ccc2c1=O. The highest BCUT2D eigenvalue weighted by Gasteiger charge is 2.28. The molecule has 0 saturated heterocycles. The van der Waals surface area contributed by atoms with Gasteiger partial charge in [-0.25, -0.2) is 4.79 Å². The lowest BCUT2D eigenvalue weighted by Gasteiger charge is -2.17. The largest absolute Gasteiger partial charge is 0.462 e. The zero-order chi connectivity index (χ0) is 18.3. The van der Waals surface area contributed by atoms with Crippen molar-refractivity contribution in [1.29, 1.82) is 0 Å². The van der Waals surface area contributed by atoms with Gasteiger partial charge in [0.25, 0.3) is 0 Å². The van der Waals surface area contributed by atoms with Gasteiger partial charge in [-0.15, -0.1) is 0 Å². The lowest BCUT2D eigenvalue weighted by molar-refractivity contribution is 0.0524. The van der Waals surface area contributed by atoms with Crippen molar-refractivity contribution in [2.24, 2.45) is 0 Å². The van der Waals surface area contributed by atoms with Crippen LogP contribution in [0.3, 0.4) is 0 Å². The smallest absolute Gasteiger partial charge is 0.343 e. The maximum absolute atomic E-state index is 12.9. The van der Waals surface area contributed by atoms with E-state index in [1.165, 1.54) is 0 Å². The van der Waals surface area contributed by atoms with Gasteiger partial charge in [-0.1, -0.05) is 12.1 Å². The standard InChI is InChI=1S/C21H20N2O3/c1-3-26-21(25)18-12-23(15-6-7-15)19-13(2)16(8-9-17(19)20(18)24)14-5-4-10-22-11-14/h4-5,8-12,15H,3,6-7H2,1-2H3. The highest BCUT2D eigenvalue weighted by molar-refractivity contribution is 5.96. The molecule has 1 aliphatic rings. The molecule has 0 spiro atoms. The molecule has 0 amide bonds. The first kappa shape index (κ1) is 16.5. The minimum Gasteiger partial charge on any atom is -0.462 e. The molecule has 2 aromatic heterocycles. The van der Waals surface area contributed by atoms with Crippen LogP contribution in [0.1, 0.15) is 41.7 Å². The fourth-order valence-corrected chi connectivity index (χ4v) is 3.45. The molecule has 132 valence electrons. The number of ether oxygens (including phenoxy) is 1. The van der Waals surface area contributed by atoms with Crippen molar-refractivity contribution in [3.8, 4) is 11.1 Å². The molecular weight excluding hydrogens is 328 g/mol. The summed E-state index contributed by atoms with van der Waals surface area (Å²) in [5.74, 6) is -0.553. The number of hydrogen-bond donors (Lipinski definition) is 0. The summed E-state index contributed by atoms with van der Waals surface area (Å²) < 4.78 is 7.16. The summed E-state index contributed by atoms with van der Waals surface area (Å²) in [5.41, 5.74) is 3.82. The summed E-state index contributed by atoms with van der Waals surface area (Å²) >= 11 is 0. The summed E-state index contributed by atoms with van der Waals surface area (Å²) in [6.45, 7) is 4.01. The third kappa shape index (κ3) is 2.69. The Kier molecular flexibility index (Phi) is 4.07. The van der Waals surface area contributed by atoms with Crippen LogP contribution in [0.25, 0.3) is 22.0 Å². The molecule has 1 fully saturated rings. The first-order chi connectivity index (χ1) is 12.6. The van der Waals surface area contributed by atoms with Gasteiger partial charge in [-0.05, 0) is 49.9 Å². The van der Waals surface area contributed by atoms with Crippen molar-refractivity contribution in [2.75, 3.05) is 6.61 Å². The quantitative estimate of drug-likeness (QED) is 0.671. The zero-order valence-corrected chi connectivity index (χ0v) is 14.9. The Balaban J connectivity index is 2.00. The number of nitrogens with zero attached hydrogens (tertiary/aromatic N) is 2. The van der Waals surface area contributed by atoms with Crippen LogP contribution in [0.4, 0.5) is 0 Å². The molecule has 2 heterocycles. The predicted octanol–water partition coefficient (Wildman–Crippen LogP) is 3.88. The Bertz CT molecular complexity index is 1050. The number of carbonyl (C=O) groups excluding carboxylic acids is 1. The first-order valence-corrected chi connectivity index (χ1v) is 8.87. The summed E-state index contributed by atoms with van der Waals surface area (Å²) in [4.78, 5) is 29.3. The molecule has 1 saturated carbocycles. The van der Waals surface area contributed by atoms with Gasteiger partial charge in [0.15, 0.2) is 0 Å². The molecule has 5 nitrogen and oxygen atoms in total. The van der Waals surface area contributed by atoms with E-state index < -0.39 is 5.97 Å². The maximum Gasteiger partial charge on any atom is 0.343 e. The van der Waals surface area contributed by atoms with E-state index in [0.717, 1.165) is 35.0 Å². The van der Waals surface area contributed by atoms with Crippen molar-refractivity contribution in [3.63, 3.8) is 0 Å². The van der Waals surface area contributed by atoms with Crippen LogP contribution >= 0.6 is 0 Å². The van der Waals surface area contributed by atoms with E-state index in [9.17, 15) is 9.59 Å². The van der Waals surface area contributed by atoms with E-state index in [-0.39, 0.29) is 17.6 Å². The molecule has 0 bridgehead atoms. The number of aromatic nitrogens is 2.